The van der Waals surface area contributed by atoms with Crippen LogP contribution in [0.1, 0.15) is 0 Å². The fourth-order valence-corrected chi connectivity index (χ4v) is 6.36. The average Bonchev–Trinajstić information content (AvgIpc) is 2.55. The van der Waals surface area contributed by atoms with Gasteiger partial charge in [-0.2, -0.15) is 0 Å². The maximum atomic E-state index is 2.26. The quantitative estimate of drug-likeness (QED) is 0.697. The minimum absolute atomic E-state index is 0.650. The van der Waals surface area contributed by atoms with Crippen LogP contribution in [-0.2, 0) is 0 Å². The molecule has 0 saturated heterocycles. The van der Waals surface area contributed by atoms with E-state index in [0.717, 1.165) is 0 Å². The Labute approximate surface area is 87.0 Å². The second kappa shape index (κ2) is 3.29. The van der Waals surface area contributed by atoms with Crippen molar-refractivity contribution < 1.29 is 0 Å². The second-order valence-corrected chi connectivity index (χ2v) is 7.35. The Hall–Kier alpha value is 0.199. The normalized spacial score (nSPS) is 10.5. The van der Waals surface area contributed by atoms with Crippen LogP contribution in [0.15, 0.2) is 29.0 Å². The predicted octanol–water partition coefficient (Wildman–Crippen LogP) is 1.47. The van der Waals surface area contributed by atoms with Gasteiger partial charge in [-0.1, -0.05) is 0 Å². The van der Waals surface area contributed by atoms with Crippen molar-refractivity contribution in [2.24, 2.45) is 0 Å². The van der Waals surface area contributed by atoms with E-state index in [0.29, 0.717) is 22.5 Å². The van der Waals surface area contributed by atoms with Crippen molar-refractivity contribution in [1.29, 1.82) is 0 Å². The molecule has 0 aromatic carbocycles. The fourth-order valence-electron chi connectivity index (χ4n) is 1.03. The summed E-state index contributed by atoms with van der Waals surface area (Å²) in [4.78, 5) is 2.95. The Balaban J connectivity index is 2.53. The molecule has 56 valence electrons. The molecule has 0 spiro atoms. The molecular formula is C8H8S2Sn. The predicted molar refractivity (Wildman–Crippen MR) is 57.2 cm³/mol. The Bertz CT molecular complexity index is 335. The first kappa shape index (κ1) is 7.83. The summed E-state index contributed by atoms with van der Waals surface area (Å²) in [7, 11) is 0. The van der Waals surface area contributed by atoms with Gasteiger partial charge in [-0.15, -0.1) is 0 Å². The fraction of sp³-hybridized carbons (Fsp3) is 0. The van der Waals surface area contributed by atoms with Gasteiger partial charge in [0.25, 0.3) is 0 Å². The third kappa shape index (κ3) is 1.53. The molecule has 2 heterocycles. The minimum atomic E-state index is 0.650. The van der Waals surface area contributed by atoms with Crippen LogP contribution in [0, 0.1) is 0 Å². The van der Waals surface area contributed by atoms with Crippen LogP contribution in [0.25, 0.3) is 9.75 Å². The molecule has 0 amide bonds. The van der Waals surface area contributed by atoms with Crippen molar-refractivity contribution in [2.45, 2.75) is 0 Å². The van der Waals surface area contributed by atoms with Crippen LogP contribution >= 0.6 is 22.7 Å². The summed E-state index contributed by atoms with van der Waals surface area (Å²) >= 11 is 4.36. The monoisotopic (exact) mass is 288 g/mol. The summed E-state index contributed by atoms with van der Waals surface area (Å²) in [6.07, 6.45) is 0. The number of thiophene rings is 2. The van der Waals surface area contributed by atoms with Gasteiger partial charge >= 0.3 is 87.5 Å². The summed E-state index contributed by atoms with van der Waals surface area (Å²) in [5.41, 5.74) is 0. The van der Waals surface area contributed by atoms with Crippen molar-refractivity contribution in [2.75, 3.05) is 0 Å². The summed E-state index contributed by atoms with van der Waals surface area (Å²) in [6.45, 7) is 0. The molecule has 0 nitrogen and oxygen atoms in total. The van der Waals surface area contributed by atoms with E-state index in [9.17, 15) is 0 Å². The maximum absolute atomic E-state index is 2.26. The first-order valence-corrected chi connectivity index (χ1v) is 8.07. The number of hydrogen-bond acceptors (Lipinski definition) is 2. The molecule has 11 heavy (non-hydrogen) atoms. The Morgan fingerprint density at radius 2 is 2.00 bits per heavy atom. The van der Waals surface area contributed by atoms with Crippen molar-refractivity contribution >= 4 is 48.8 Å². The van der Waals surface area contributed by atoms with E-state index in [1.807, 2.05) is 22.7 Å². The zero-order valence-corrected chi connectivity index (χ0v) is 13.5. The number of rotatable bonds is 1. The summed E-state index contributed by atoms with van der Waals surface area (Å²) in [5.74, 6) is 0. The Kier molecular flexibility index (Phi) is 2.34. The van der Waals surface area contributed by atoms with E-state index in [-0.39, 0.29) is 0 Å². The molecule has 0 radical (unpaired) electrons. The van der Waals surface area contributed by atoms with Crippen LogP contribution in [0.5, 0.6) is 0 Å². The average molecular weight is 287 g/mol. The standard InChI is InChI=1S/C8H5S2.Sn.3H/c1-3-7(9-5-1)8-4-2-6-10-8;;;;/h1-3,5-6H;;;;. The van der Waals surface area contributed by atoms with Gasteiger partial charge in [-0.05, 0) is 0 Å². The zero-order valence-electron chi connectivity index (χ0n) is 6.20. The molecule has 2 aromatic rings. The van der Waals surface area contributed by atoms with E-state index in [1.165, 1.54) is 9.75 Å². The van der Waals surface area contributed by atoms with E-state index < -0.39 is 0 Å². The van der Waals surface area contributed by atoms with Crippen LogP contribution in [0.3, 0.4) is 0 Å². The van der Waals surface area contributed by atoms with Gasteiger partial charge in [-0.25, -0.2) is 0 Å². The van der Waals surface area contributed by atoms with E-state index in [4.69, 9.17) is 0 Å². The molecule has 3 heteroatoms. The van der Waals surface area contributed by atoms with E-state index >= 15 is 0 Å². The van der Waals surface area contributed by atoms with Gasteiger partial charge in [0.2, 0.25) is 0 Å². The molecule has 0 bridgehead atoms. The van der Waals surface area contributed by atoms with Gasteiger partial charge in [0.15, 0.2) is 0 Å². The van der Waals surface area contributed by atoms with Gasteiger partial charge < -0.3 is 0 Å². The summed E-state index contributed by atoms with van der Waals surface area (Å²) in [5, 5.41) is 4.34. The first-order chi connectivity index (χ1) is 5.38. The topological polar surface area (TPSA) is 0 Å². The molecule has 0 aliphatic carbocycles. The molecule has 0 N–H and O–H groups in total. The second-order valence-electron chi connectivity index (χ2n) is 2.41. The Morgan fingerprint density at radius 1 is 1.09 bits per heavy atom. The molecule has 0 unspecified atom stereocenters. The molecule has 0 atom stereocenters. The third-order valence-corrected chi connectivity index (χ3v) is 7.09. The van der Waals surface area contributed by atoms with Crippen LogP contribution in [-0.4, -0.2) is 22.5 Å². The van der Waals surface area contributed by atoms with Crippen LogP contribution < -0.4 is 3.58 Å². The van der Waals surface area contributed by atoms with Crippen molar-refractivity contribution in [3.05, 3.63) is 29.0 Å². The number of hydrogen-bond donors (Lipinski definition) is 0. The molecule has 2 aromatic heterocycles. The van der Waals surface area contributed by atoms with Gasteiger partial charge in [0.1, 0.15) is 0 Å². The molecule has 0 saturated carbocycles. The first-order valence-electron chi connectivity index (χ1n) is 3.46. The molecule has 2 rings (SSSR count). The van der Waals surface area contributed by atoms with E-state index in [1.54, 1.807) is 3.58 Å². The van der Waals surface area contributed by atoms with Gasteiger partial charge in [0, 0.05) is 0 Å². The van der Waals surface area contributed by atoms with Crippen molar-refractivity contribution in [3.8, 4) is 9.75 Å². The van der Waals surface area contributed by atoms with Gasteiger partial charge in [0.05, 0.1) is 0 Å². The van der Waals surface area contributed by atoms with E-state index in [2.05, 4.69) is 29.0 Å². The van der Waals surface area contributed by atoms with Crippen molar-refractivity contribution in [3.63, 3.8) is 0 Å². The summed E-state index contributed by atoms with van der Waals surface area (Å²) < 4.78 is 1.60. The SMILES string of the molecule is [SnH3][c]1ccsc1-c1cccs1. The summed E-state index contributed by atoms with van der Waals surface area (Å²) in [6, 6.07) is 6.58. The van der Waals surface area contributed by atoms with Gasteiger partial charge in [-0.3, -0.25) is 0 Å². The van der Waals surface area contributed by atoms with Crippen molar-refractivity contribution in [1.82, 2.24) is 0 Å². The molecule has 0 fully saturated rings. The third-order valence-electron chi connectivity index (χ3n) is 1.61. The zero-order chi connectivity index (χ0) is 7.68. The molecule has 0 aliphatic heterocycles. The Morgan fingerprint density at radius 3 is 2.55 bits per heavy atom. The molecule has 0 aliphatic rings. The van der Waals surface area contributed by atoms with Crippen LogP contribution in [0.2, 0.25) is 0 Å². The molecular weight excluding hydrogens is 279 g/mol. The van der Waals surface area contributed by atoms with Crippen LogP contribution in [0.4, 0.5) is 0 Å².